The highest BCUT2D eigenvalue weighted by Gasteiger charge is 2.49. The van der Waals surface area contributed by atoms with Gasteiger partial charge >= 0.3 is 0 Å². The molecule has 2 aliphatic rings. The van der Waals surface area contributed by atoms with E-state index in [1.54, 1.807) is 25.2 Å². The minimum Gasteiger partial charge on any atom is -0.373 e. The fourth-order valence-corrected chi connectivity index (χ4v) is 3.73. The lowest BCUT2D eigenvalue weighted by Crippen LogP contribution is -2.55. The average Bonchev–Trinajstić information content (AvgIpc) is 3.33. The van der Waals surface area contributed by atoms with Crippen molar-refractivity contribution in [1.29, 1.82) is 0 Å². The lowest BCUT2D eigenvalue weighted by Gasteiger charge is -2.36. The fraction of sp³-hybridized carbons (Fsp3) is 0.400. The maximum Gasteiger partial charge on any atom is 0.274 e. The first-order chi connectivity index (χ1) is 15.3. The summed E-state index contributed by atoms with van der Waals surface area (Å²) in [5.41, 5.74) is -0.0625. The third-order valence-corrected chi connectivity index (χ3v) is 5.83. The van der Waals surface area contributed by atoms with E-state index < -0.39 is 35.6 Å². The number of hydrogen-bond donors (Lipinski definition) is 3. The van der Waals surface area contributed by atoms with Crippen LogP contribution in [0, 0.1) is 0 Å². The summed E-state index contributed by atoms with van der Waals surface area (Å²) in [6, 6.07) is 3.06. The quantitative estimate of drug-likeness (QED) is 0.536. The molecule has 2 aliphatic carbocycles. The van der Waals surface area contributed by atoms with Gasteiger partial charge in [0.15, 0.2) is 5.65 Å². The second-order valence-corrected chi connectivity index (χ2v) is 7.97. The van der Waals surface area contributed by atoms with Crippen molar-refractivity contribution < 1.29 is 18.0 Å². The van der Waals surface area contributed by atoms with Gasteiger partial charge in [-0.2, -0.15) is 9.61 Å². The number of halogens is 3. The number of amides is 1. The van der Waals surface area contributed by atoms with Gasteiger partial charge in [-0.3, -0.25) is 9.59 Å². The average molecular weight is 447 g/mol. The van der Waals surface area contributed by atoms with Gasteiger partial charge in [-0.25, -0.2) is 18.2 Å². The molecule has 1 amide bonds. The first kappa shape index (κ1) is 20.3. The van der Waals surface area contributed by atoms with Crippen molar-refractivity contribution in [3.8, 4) is 0 Å². The van der Waals surface area contributed by atoms with Gasteiger partial charge in [0.1, 0.15) is 29.1 Å². The molecule has 3 heterocycles. The van der Waals surface area contributed by atoms with Crippen molar-refractivity contribution in [2.75, 3.05) is 17.7 Å². The minimum atomic E-state index is -2.93. The van der Waals surface area contributed by atoms with E-state index in [-0.39, 0.29) is 35.6 Å². The summed E-state index contributed by atoms with van der Waals surface area (Å²) in [4.78, 5) is 29.7. The predicted octanol–water partition coefficient (Wildman–Crippen LogP) is 2.49. The Balaban J connectivity index is 1.48. The molecular formula is C20H20F3N7O2. The summed E-state index contributed by atoms with van der Waals surface area (Å²) in [7, 11) is 1.64. The van der Waals surface area contributed by atoms with Gasteiger partial charge in [-0.15, -0.1) is 0 Å². The zero-order valence-corrected chi connectivity index (χ0v) is 17.0. The third-order valence-electron chi connectivity index (χ3n) is 5.83. The molecule has 0 aliphatic heterocycles. The van der Waals surface area contributed by atoms with Crippen molar-refractivity contribution in [3.63, 3.8) is 0 Å². The zero-order chi connectivity index (χ0) is 22.6. The molecule has 0 spiro atoms. The van der Waals surface area contributed by atoms with Crippen molar-refractivity contribution in [2.24, 2.45) is 0 Å². The summed E-state index contributed by atoms with van der Waals surface area (Å²) in [5, 5.41) is 12.3. The molecule has 3 atom stereocenters. The van der Waals surface area contributed by atoms with Crippen LogP contribution >= 0.6 is 0 Å². The van der Waals surface area contributed by atoms with E-state index in [1.165, 1.54) is 21.5 Å². The second kappa shape index (κ2) is 7.24. The van der Waals surface area contributed by atoms with Crippen LogP contribution in [0.4, 0.5) is 30.5 Å². The minimum absolute atomic E-state index is 0.0246. The summed E-state index contributed by atoms with van der Waals surface area (Å²) in [6.07, 6.45) is 1.98. The van der Waals surface area contributed by atoms with Crippen LogP contribution in [-0.4, -0.2) is 50.3 Å². The number of aromatic nitrogens is 4. The smallest absolute Gasteiger partial charge is 0.274 e. The van der Waals surface area contributed by atoms with Gasteiger partial charge in [-0.05, 0) is 18.6 Å². The molecule has 0 unspecified atom stereocenters. The van der Waals surface area contributed by atoms with Gasteiger partial charge in [0.2, 0.25) is 0 Å². The Bertz CT molecular complexity index is 1270. The summed E-state index contributed by atoms with van der Waals surface area (Å²) >= 11 is 0. The molecule has 32 heavy (non-hydrogen) atoms. The summed E-state index contributed by atoms with van der Waals surface area (Å²) < 4.78 is 43.3. The van der Waals surface area contributed by atoms with E-state index in [9.17, 15) is 22.8 Å². The monoisotopic (exact) mass is 447 g/mol. The molecule has 0 bridgehead atoms. The van der Waals surface area contributed by atoms with Gasteiger partial charge in [-0.1, -0.05) is 0 Å². The SMILES string of the molecule is CNc1cc(Nc2cccn([C@H]3C[C@@H]3F)c2=O)nc2c(C(=O)N[C@H]3CCC3(F)F)cnn12. The number of nitrogens with zero attached hydrogens (tertiary/aromatic N) is 4. The van der Waals surface area contributed by atoms with E-state index in [4.69, 9.17) is 0 Å². The standard InChI is InChI=1S/C20H20F3N7O2/c1-24-16-8-15(26-12-3-2-6-29(19(12)32)13-7-11(13)21)28-17-10(9-25-30(16)17)18(31)27-14-4-5-20(14,22)23/h2-3,6,8-9,11,13-14,24H,4-5,7H2,1H3,(H,26,28)(H,27,31)/t11-,13-,14-/m0/s1. The number of nitrogens with one attached hydrogen (secondary N) is 3. The molecule has 2 fully saturated rings. The van der Waals surface area contributed by atoms with Crippen molar-refractivity contribution in [3.05, 3.63) is 46.5 Å². The maximum absolute atomic E-state index is 13.6. The van der Waals surface area contributed by atoms with E-state index in [0.717, 1.165) is 0 Å². The number of anilines is 3. The molecule has 3 N–H and O–H groups in total. The number of carbonyl (C=O) groups is 1. The number of fused-ring (bicyclic) bond motifs is 1. The van der Waals surface area contributed by atoms with Gasteiger partial charge in [0.05, 0.1) is 18.3 Å². The summed E-state index contributed by atoms with van der Waals surface area (Å²) in [5.74, 6) is -2.95. The van der Waals surface area contributed by atoms with Crippen LogP contribution in [0.2, 0.25) is 0 Å². The van der Waals surface area contributed by atoms with Crippen LogP contribution in [0.3, 0.4) is 0 Å². The lowest BCUT2D eigenvalue weighted by atomic mass is 9.88. The van der Waals surface area contributed by atoms with E-state index in [2.05, 4.69) is 26.0 Å². The Morgan fingerprint density at radius 2 is 2.12 bits per heavy atom. The fourth-order valence-electron chi connectivity index (χ4n) is 3.73. The zero-order valence-electron chi connectivity index (χ0n) is 17.0. The lowest BCUT2D eigenvalue weighted by molar-refractivity contribution is -0.102. The molecule has 9 nitrogen and oxygen atoms in total. The van der Waals surface area contributed by atoms with Crippen molar-refractivity contribution >= 4 is 28.9 Å². The Kier molecular flexibility index (Phi) is 4.60. The molecule has 0 saturated heterocycles. The van der Waals surface area contributed by atoms with Gasteiger partial charge in [0, 0.05) is 32.2 Å². The highest BCUT2D eigenvalue weighted by atomic mass is 19.3. The number of hydrogen-bond acceptors (Lipinski definition) is 6. The molecule has 0 radical (unpaired) electrons. The molecule has 5 rings (SSSR count). The molecule has 3 aromatic heterocycles. The molecule has 3 aromatic rings. The van der Waals surface area contributed by atoms with Crippen LogP contribution in [0.1, 0.15) is 35.7 Å². The topological polar surface area (TPSA) is 105 Å². The van der Waals surface area contributed by atoms with Crippen molar-refractivity contribution in [1.82, 2.24) is 24.5 Å². The maximum atomic E-state index is 13.6. The second-order valence-electron chi connectivity index (χ2n) is 7.97. The molecule has 12 heteroatoms. The van der Waals surface area contributed by atoms with E-state index in [0.29, 0.717) is 12.2 Å². The number of pyridine rings is 1. The van der Waals surface area contributed by atoms with Crippen LogP contribution in [-0.2, 0) is 0 Å². The molecule has 0 aromatic carbocycles. The van der Waals surface area contributed by atoms with Crippen LogP contribution in [0.25, 0.3) is 5.65 Å². The van der Waals surface area contributed by atoms with Gasteiger partial charge < -0.3 is 20.5 Å². The van der Waals surface area contributed by atoms with Crippen LogP contribution < -0.4 is 21.5 Å². The summed E-state index contributed by atoms with van der Waals surface area (Å²) in [6.45, 7) is 0. The highest BCUT2D eigenvalue weighted by Crippen LogP contribution is 2.38. The number of carbonyl (C=O) groups excluding carboxylic acids is 1. The first-order valence-corrected chi connectivity index (χ1v) is 10.2. The van der Waals surface area contributed by atoms with Crippen molar-refractivity contribution in [2.45, 2.75) is 43.4 Å². The molecule has 2 saturated carbocycles. The van der Waals surface area contributed by atoms with Gasteiger partial charge in [0.25, 0.3) is 17.4 Å². The first-order valence-electron chi connectivity index (χ1n) is 10.2. The third kappa shape index (κ3) is 3.35. The Hall–Kier alpha value is -3.57. The Morgan fingerprint density at radius 3 is 2.75 bits per heavy atom. The molecular weight excluding hydrogens is 427 g/mol. The van der Waals surface area contributed by atoms with E-state index >= 15 is 0 Å². The largest absolute Gasteiger partial charge is 0.373 e. The van der Waals surface area contributed by atoms with Crippen LogP contribution in [0.5, 0.6) is 0 Å². The van der Waals surface area contributed by atoms with E-state index in [1.807, 2.05) is 0 Å². The predicted molar refractivity (Wildman–Crippen MR) is 111 cm³/mol. The van der Waals surface area contributed by atoms with Crippen LogP contribution in [0.15, 0.2) is 35.4 Å². The normalized spacial score (nSPS) is 23.4. The Labute approximate surface area is 179 Å². The Morgan fingerprint density at radius 1 is 1.34 bits per heavy atom. The number of alkyl halides is 3. The number of rotatable bonds is 6. The highest BCUT2D eigenvalue weighted by molar-refractivity contribution is 6.00. The molecule has 168 valence electrons.